The molecule has 0 saturated heterocycles. The molecule has 0 unspecified atom stereocenters. The van der Waals surface area contributed by atoms with Gasteiger partial charge in [-0.25, -0.2) is 14.8 Å². The molecule has 2 heterocycles. The SMILES string of the molecule is CC(C)(C)OC(=O)Nc1nc2ncc(C3CCC(C#N)CC3)nc2s1. The van der Waals surface area contributed by atoms with Crippen LogP contribution in [0.25, 0.3) is 10.5 Å². The molecule has 7 nitrogen and oxygen atoms in total. The van der Waals surface area contributed by atoms with Gasteiger partial charge in [-0.2, -0.15) is 10.2 Å². The molecule has 0 radical (unpaired) electrons. The number of amides is 1. The second-order valence-corrected chi connectivity index (χ2v) is 8.22. The number of hydrogen-bond acceptors (Lipinski definition) is 7. The summed E-state index contributed by atoms with van der Waals surface area (Å²) in [6.07, 6.45) is 4.96. The van der Waals surface area contributed by atoms with Crippen LogP contribution in [-0.4, -0.2) is 26.6 Å². The second-order valence-electron chi connectivity index (χ2n) is 7.25. The number of ether oxygens (including phenoxy) is 1. The lowest BCUT2D eigenvalue weighted by atomic mass is 9.81. The summed E-state index contributed by atoms with van der Waals surface area (Å²) in [6.45, 7) is 5.42. The van der Waals surface area contributed by atoms with Crippen LogP contribution in [0.2, 0.25) is 0 Å². The number of anilines is 1. The first kappa shape index (κ1) is 17.5. The third-order valence-corrected chi connectivity index (χ3v) is 4.93. The van der Waals surface area contributed by atoms with Crippen LogP contribution in [0.4, 0.5) is 9.93 Å². The molecule has 1 amide bonds. The van der Waals surface area contributed by atoms with E-state index in [1.165, 1.54) is 11.3 Å². The summed E-state index contributed by atoms with van der Waals surface area (Å²) < 4.78 is 5.23. The van der Waals surface area contributed by atoms with E-state index in [0.717, 1.165) is 31.4 Å². The average Bonchev–Trinajstić information content (AvgIpc) is 2.94. The van der Waals surface area contributed by atoms with Crippen molar-refractivity contribution in [2.75, 3.05) is 5.32 Å². The van der Waals surface area contributed by atoms with E-state index < -0.39 is 11.7 Å². The van der Waals surface area contributed by atoms with Crippen LogP contribution in [0.15, 0.2) is 6.20 Å². The third-order valence-electron chi connectivity index (χ3n) is 4.08. The van der Waals surface area contributed by atoms with Gasteiger partial charge in [-0.15, -0.1) is 0 Å². The summed E-state index contributed by atoms with van der Waals surface area (Å²) in [4.78, 5) is 25.9. The van der Waals surface area contributed by atoms with Gasteiger partial charge in [0.1, 0.15) is 5.60 Å². The number of aromatic nitrogens is 3. The van der Waals surface area contributed by atoms with Gasteiger partial charge in [-0.05, 0) is 46.5 Å². The molecule has 0 spiro atoms. The van der Waals surface area contributed by atoms with Gasteiger partial charge in [-0.1, -0.05) is 11.3 Å². The molecule has 2 aromatic rings. The van der Waals surface area contributed by atoms with Crippen LogP contribution in [0.3, 0.4) is 0 Å². The number of nitriles is 1. The fraction of sp³-hybridized carbons (Fsp3) is 0.588. The lowest BCUT2D eigenvalue weighted by Crippen LogP contribution is -2.27. The second kappa shape index (κ2) is 6.92. The van der Waals surface area contributed by atoms with Crippen molar-refractivity contribution in [1.82, 2.24) is 15.0 Å². The number of nitrogens with one attached hydrogen (secondary N) is 1. The molecular weight excluding hydrogens is 338 g/mol. The van der Waals surface area contributed by atoms with Crippen LogP contribution in [0.5, 0.6) is 0 Å². The van der Waals surface area contributed by atoms with E-state index in [1.807, 2.05) is 0 Å². The van der Waals surface area contributed by atoms with E-state index in [9.17, 15) is 4.79 Å². The first-order valence-electron chi connectivity index (χ1n) is 8.37. The fourth-order valence-corrected chi connectivity index (χ4v) is 3.68. The highest BCUT2D eigenvalue weighted by Crippen LogP contribution is 2.35. The number of nitrogens with zero attached hydrogens (tertiary/aromatic N) is 4. The highest BCUT2D eigenvalue weighted by molar-refractivity contribution is 7.21. The Kier molecular flexibility index (Phi) is 4.86. The Morgan fingerprint density at radius 1 is 1.32 bits per heavy atom. The highest BCUT2D eigenvalue weighted by Gasteiger charge is 2.24. The molecule has 1 fully saturated rings. The predicted molar refractivity (Wildman–Crippen MR) is 95.4 cm³/mol. The van der Waals surface area contributed by atoms with E-state index in [2.05, 4.69) is 26.3 Å². The third kappa shape index (κ3) is 4.42. The minimum atomic E-state index is -0.563. The summed E-state index contributed by atoms with van der Waals surface area (Å²) in [6, 6.07) is 2.35. The van der Waals surface area contributed by atoms with Crippen LogP contribution >= 0.6 is 11.3 Å². The van der Waals surface area contributed by atoms with Crippen molar-refractivity contribution in [2.24, 2.45) is 5.92 Å². The largest absolute Gasteiger partial charge is 0.444 e. The summed E-state index contributed by atoms with van der Waals surface area (Å²) in [5.41, 5.74) is 0.897. The Bertz CT molecular complexity index is 813. The van der Waals surface area contributed by atoms with Gasteiger partial charge in [0.25, 0.3) is 0 Å². The Labute approximate surface area is 150 Å². The Morgan fingerprint density at radius 3 is 2.68 bits per heavy atom. The number of carbonyl (C=O) groups excluding carboxylic acids is 1. The normalized spacial score (nSPS) is 20.9. The van der Waals surface area contributed by atoms with Gasteiger partial charge >= 0.3 is 6.09 Å². The number of carbonyl (C=O) groups is 1. The van der Waals surface area contributed by atoms with Crippen molar-refractivity contribution < 1.29 is 9.53 Å². The zero-order valence-corrected chi connectivity index (χ0v) is 15.4. The van der Waals surface area contributed by atoms with Crippen LogP contribution < -0.4 is 5.32 Å². The standard InChI is InChI=1S/C17H21N5O2S/c1-17(2,3)24-16(23)22-15-21-13-14(25-15)20-12(9-19-13)11-6-4-10(8-18)5-7-11/h9-11H,4-7H2,1-3H3,(H,19,21,22,23). The Balaban J connectivity index is 1.72. The molecule has 132 valence electrons. The number of hydrogen-bond donors (Lipinski definition) is 1. The van der Waals surface area contributed by atoms with Gasteiger partial charge in [0.2, 0.25) is 0 Å². The first-order valence-corrected chi connectivity index (χ1v) is 9.19. The molecule has 8 heteroatoms. The Hall–Kier alpha value is -2.27. The monoisotopic (exact) mass is 359 g/mol. The average molecular weight is 359 g/mol. The predicted octanol–water partition coefficient (Wildman–Crippen LogP) is 4.23. The van der Waals surface area contributed by atoms with Crippen LogP contribution in [0, 0.1) is 17.2 Å². The van der Waals surface area contributed by atoms with Crippen molar-refractivity contribution >= 4 is 33.0 Å². The van der Waals surface area contributed by atoms with Crippen molar-refractivity contribution in [1.29, 1.82) is 5.26 Å². The molecular formula is C17H21N5O2S. The number of fused-ring (bicyclic) bond motifs is 1. The zero-order chi connectivity index (χ0) is 18.0. The Morgan fingerprint density at radius 2 is 2.04 bits per heavy atom. The summed E-state index contributed by atoms with van der Waals surface area (Å²) in [5, 5.41) is 12.1. The van der Waals surface area contributed by atoms with Gasteiger partial charge in [0.05, 0.1) is 18.0 Å². The molecule has 25 heavy (non-hydrogen) atoms. The van der Waals surface area contributed by atoms with E-state index in [0.29, 0.717) is 21.5 Å². The van der Waals surface area contributed by atoms with Crippen LogP contribution in [0.1, 0.15) is 58.1 Å². The van der Waals surface area contributed by atoms with Gasteiger partial charge in [0, 0.05) is 11.8 Å². The van der Waals surface area contributed by atoms with E-state index in [1.54, 1.807) is 27.0 Å². The first-order chi connectivity index (χ1) is 11.8. The molecule has 0 atom stereocenters. The smallest absolute Gasteiger partial charge is 0.413 e. The summed E-state index contributed by atoms with van der Waals surface area (Å²) in [5.74, 6) is 0.506. The quantitative estimate of drug-likeness (QED) is 0.861. The topological polar surface area (TPSA) is 101 Å². The fourth-order valence-electron chi connectivity index (χ4n) is 2.89. The molecule has 0 aromatic carbocycles. The van der Waals surface area contributed by atoms with Gasteiger partial charge < -0.3 is 4.74 Å². The zero-order valence-electron chi connectivity index (χ0n) is 14.6. The minimum absolute atomic E-state index is 0.168. The molecule has 3 rings (SSSR count). The molecule has 0 bridgehead atoms. The maximum absolute atomic E-state index is 11.8. The van der Waals surface area contributed by atoms with Gasteiger partial charge in [0.15, 0.2) is 15.6 Å². The molecule has 1 aliphatic carbocycles. The molecule has 0 aliphatic heterocycles. The molecule has 1 saturated carbocycles. The maximum atomic E-state index is 11.8. The molecule has 1 N–H and O–H groups in total. The minimum Gasteiger partial charge on any atom is -0.444 e. The summed E-state index contributed by atoms with van der Waals surface area (Å²) >= 11 is 1.29. The van der Waals surface area contributed by atoms with E-state index in [-0.39, 0.29) is 5.92 Å². The van der Waals surface area contributed by atoms with Crippen molar-refractivity contribution in [2.45, 2.75) is 58.0 Å². The number of rotatable bonds is 2. The lowest BCUT2D eigenvalue weighted by molar-refractivity contribution is 0.0636. The van der Waals surface area contributed by atoms with E-state index >= 15 is 0 Å². The number of thiazole rings is 1. The maximum Gasteiger partial charge on any atom is 0.413 e. The van der Waals surface area contributed by atoms with Crippen LogP contribution in [-0.2, 0) is 4.74 Å². The highest BCUT2D eigenvalue weighted by atomic mass is 32.1. The van der Waals surface area contributed by atoms with E-state index in [4.69, 9.17) is 10.00 Å². The van der Waals surface area contributed by atoms with Crippen molar-refractivity contribution in [3.05, 3.63) is 11.9 Å². The molecule has 2 aromatic heterocycles. The molecule has 1 aliphatic rings. The van der Waals surface area contributed by atoms with Crippen molar-refractivity contribution in [3.63, 3.8) is 0 Å². The summed E-state index contributed by atoms with van der Waals surface area (Å²) in [7, 11) is 0. The van der Waals surface area contributed by atoms with Crippen molar-refractivity contribution in [3.8, 4) is 6.07 Å². The van der Waals surface area contributed by atoms with Gasteiger partial charge in [-0.3, -0.25) is 5.32 Å². The lowest BCUT2D eigenvalue weighted by Gasteiger charge is -2.23.